The molecule has 34 heavy (non-hydrogen) atoms. The lowest BCUT2D eigenvalue weighted by molar-refractivity contribution is 0.0479. The number of esters is 4. The molecule has 9 nitrogen and oxygen atoms in total. The van der Waals surface area contributed by atoms with Crippen LogP contribution in [0.2, 0.25) is 0 Å². The number of ketones is 1. The van der Waals surface area contributed by atoms with E-state index in [0.29, 0.717) is 11.1 Å². The highest BCUT2D eigenvalue weighted by molar-refractivity contribution is 6.24. The van der Waals surface area contributed by atoms with Gasteiger partial charge < -0.3 is 18.9 Å². The summed E-state index contributed by atoms with van der Waals surface area (Å²) in [6.07, 6.45) is 0. The minimum atomic E-state index is -0.781. The molecule has 0 fully saturated rings. The van der Waals surface area contributed by atoms with Crippen molar-refractivity contribution in [3.8, 4) is 11.1 Å². The molecule has 0 heterocycles. The summed E-state index contributed by atoms with van der Waals surface area (Å²) in [7, 11) is 0. The predicted octanol–water partition coefficient (Wildman–Crippen LogP) is 3.60. The van der Waals surface area contributed by atoms with Crippen LogP contribution in [0.25, 0.3) is 11.1 Å². The third kappa shape index (κ3) is 4.41. The first-order valence-corrected chi connectivity index (χ1v) is 10.9. The Kier molecular flexibility index (Phi) is 7.45. The molecule has 9 heteroatoms. The molecule has 0 spiro atoms. The molecule has 178 valence electrons. The third-order valence-electron chi connectivity index (χ3n) is 5.08. The number of ether oxygens (including phenoxy) is 4. The first kappa shape index (κ1) is 24.6. The predicted molar refractivity (Wildman–Crippen MR) is 119 cm³/mol. The van der Waals surface area contributed by atoms with Crippen molar-refractivity contribution in [1.29, 1.82) is 0 Å². The lowest BCUT2D eigenvalue weighted by Gasteiger charge is -2.12. The van der Waals surface area contributed by atoms with Crippen LogP contribution in [0.4, 0.5) is 0 Å². The van der Waals surface area contributed by atoms with E-state index in [1.165, 1.54) is 24.3 Å². The molecule has 2 aromatic rings. The fraction of sp³-hybridized carbons (Fsp3) is 0.320. The van der Waals surface area contributed by atoms with Gasteiger partial charge in [0.1, 0.15) is 0 Å². The maximum absolute atomic E-state index is 13.2. The van der Waals surface area contributed by atoms with Crippen molar-refractivity contribution >= 4 is 29.7 Å². The van der Waals surface area contributed by atoms with Gasteiger partial charge in [-0.05, 0) is 63.1 Å². The summed E-state index contributed by atoms with van der Waals surface area (Å²) in [6.45, 7) is 6.76. The molecule has 3 rings (SSSR count). The average Bonchev–Trinajstić information content (AvgIpc) is 3.08. The van der Waals surface area contributed by atoms with Gasteiger partial charge in [0.15, 0.2) is 5.78 Å². The minimum absolute atomic E-state index is 0.0676. The zero-order valence-electron chi connectivity index (χ0n) is 19.3. The minimum Gasteiger partial charge on any atom is -0.462 e. The van der Waals surface area contributed by atoms with Crippen molar-refractivity contribution in [3.05, 3.63) is 57.6 Å². The van der Waals surface area contributed by atoms with Crippen molar-refractivity contribution in [2.45, 2.75) is 27.7 Å². The highest BCUT2D eigenvalue weighted by Crippen LogP contribution is 2.40. The van der Waals surface area contributed by atoms with Gasteiger partial charge in [-0.3, -0.25) is 4.79 Å². The summed E-state index contributed by atoms with van der Waals surface area (Å²) < 4.78 is 20.2. The second kappa shape index (κ2) is 10.3. The second-order valence-corrected chi connectivity index (χ2v) is 7.10. The Labute approximate surface area is 195 Å². The summed E-state index contributed by atoms with van der Waals surface area (Å²) in [5.74, 6) is -3.56. The van der Waals surface area contributed by atoms with Gasteiger partial charge in [-0.1, -0.05) is 0 Å². The number of hydrogen-bond acceptors (Lipinski definition) is 9. The van der Waals surface area contributed by atoms with Crippen molar-refractivity contribution in [1.82, 2.24) is 0 Å². The van der Waals surface area contributed by atoms with Gasteiger partial charge in [-0.25, -0.2) is 19.2 Å². The Bertz CT molecular complexity index is 1100. The molecule has 0 N–H and O–H groups in total. The molecular weight excluding hydrogens is 444 g/mol. The molecule has 0 bridgehead atoms. The van der Waals surface area contributed by atoms with Crippen LogP contribution >= 0.6 is 0 Å². The molecule has 0 unspecified atom stereocenters. The van der Waals surface area contributed by atoms with E-state index in [-0.39, 0.29) is 59.8 Å². The Morgan fingerprint density at radius 2 is 0.735 bits per heavy atom. The fourth-order valence-electron chi connectivity index (χ4n) is 3.68. The van der Waals surface area contributed by atoms with Crippen LogP contribution in [0.1, 0.15) is 85.0 Å². The zero-order valence-corrected chi connectivity index (χ0v) is 19.3. The largest absolute Gasteiger partial charge is 0.462 e. The van der Waals surface area contributed by atoms with Crippen LogP contribution in [-0.4, -0.2) is 56.1 Å². The van der Waals surface area contributed by atoms with Gasteiger partial charge in [0.25, 0.3) is 0 Å². The molecule has 2 aromatic carbocycles. The van der Waals surface area contributed by atoms with Crippen LogP contribution in [0.15, 0.2) is 24.3 Å². The highest BCUT2D eigenvalue weighted by atomic mass is 16.5. The lowest BCUT2D eigenvalue weighted by Crippen LogP contribution is -2.15. The Morgan fingerprint density at radius 1 is 0.500 bits per heavy atom. The summed E-state index contributed by atoms with van der Waals surface area (Å²) in [6, 6.07) is 5.27. The monoisotopic (exact) mass is 468 g/mol. The van der Waals surface area contributed by atoms with E-state index in [2.05, 4.69) is 0 Å². The van der Waals surface area contributed by atoms with E-state index in [1.807, 2.05) is 0 Å². The number of hydrogen-bond donors (Lipinski definition) is 0. The normalized spacial score (nSPS) is 11.4. The van der Waals surface area contributed by atoms with E-state index >= 15 is 0 Å². The SMILES string of the molecule is CCOC(=O)c1cc2c(cc1C(=O)OCC)-c1cc(C(=O)OCC)c(C(=O)OCC)cc1C2=O. The number of rotatable bonds is 8. The van der Waals surface area contributed by atoms with E-state index in [1.54, 1.807) is 27.7 Å². The summed E-state index contributed by atoms with van der Waals surface area (Å²) in [5.41, 5.74) is 0.504. The molecular formula is C25H24O9. The van der Waals surface area contributed by atoms with Crippen LogP contribution in [0, 0.1) is 0 Å². The quantitative estimate of drug-likeness (QED) is 0.360. The highest BCUT2D eigenvalue weighted by Gasteiger charge is 2.34. The molecule has 0 saturated heterocycles. The van der Waals surface area contributed by atoms with Crippen molar-refractivity contribution in [2.75, 3.05) is 26.4 Å². The molecule has 0 atom stereocenters. The zero-order chi connectivity index (χ0) is 25.0. The lowest BCUT2D eigenvalue weighted by atomic mass is 9.95. The van der Waals surface area contributed by atoms with Gasteiger partial charge in [0.2, 0.25) is 0 Å². The summed E-state index contributed by atoms with van der Waals surface area (Å²) in [5, 5.41) is 0. The van der Waals surface area contributed by atoms with Crippen LogP contribution in [0.3, 0.4) is 0 Å². The fourth-order valence-corrected chi connectivity index (χ4v) is 3.68. The topological polar surface area (TPSA) is 122 Å². The van der Waals surface area contributed by atoms with Gasteiger partial charge in [-0.2, -0.15) is 0 Å². The van der Waals surface area contributed by atoms with Crippen LogP contribution in [0.5, 0.6) is 0 Å². The van der Waals surface area contributed by atoms with Crippen molar-refractivity contribution in [2.24, 2.45) is 0 Å². The summed E-state index contributed by atoms with van der Waals surface area (Å²) >= 11 is 0. The summed E-state index contributed by atoms with van der Waals surface area (Å²) in [4.78, 5) is 63.5. The first-order chi connectivity index (χ1) is 16.3. The van der Waals surface area contributed by atoms with E-state index in [0.717, 1.165) is 0 Å². The van der Waals surface area contributed by atoms with E-state index in [4.69, 9.17) is 18.9 Å². The number of carbonyl (C=O) groups excluding carboxylic acids is 5. The molecule has 0 amide bonds. The van der Waals surface area contributed by atoms with Crippen molar-refractivity contribution in [3.63, 3.8) is 0 Å². The second-order valence-electron chi connectivity index (χ2n) is 7.10. The molecule has 1 aliphatic rings. The third-order valence-corrected chi connectivity index (χ3v) is 5.08. The first-order valence-electron chi connectivity index (χ1n) is 10.9. The average molecular weight is 468 g/mol. The smallest absolute Gasteiger partial charge is 0.339 e. The molecule has 0 aromatic heterocycles. The number of benzene rings is 2. The van der Waals surface area contributed by atoms with Gasteiger partial charge in [-0.15, -0.1) is 0 Å². The maximum Gasteiger partial charge on any atom is 0.339 e. The number of fused-ring (bicyclic) bond motifs is 3. The van der Waals surface area contributed by atoms with Gasteiger partial charge in [0, 0.05) is 11.1 Å². The van der Waals surface area contributed by atoms with Gasteiger partial charge >= 0.3 is 23.9 Å². The molecule has 0 radical (unpaired) electrons. The van der Waals surface area contributed by atoms with E-state index in [9.17, 15) is 24.0 Å². The molecule has 0 aliphatic heterocycles. The van der Waals surface area contributed by atoms with Crippen LogP contribution in [-0.2, 0) is 18.9 Å². The van der Waals surface area contributed by atoms with Crippen molar-refractivity contribution < 1.29 is 42.9 Å². The Morgan fingerprint density at radius 3 is 0.971 bits per heavy atom. The van der Waals surface area contributed by atoms with Crippen LogP contribution < -0.4 is 0 Å². The maximum atomic E-state index is 13.2. The Hall–Kier alpha value is -4.01. The standard InChI is InChI=1S/C25H24O9/c1-5-31-22(27)17-9-13-14-10-18(23(28)32-6-2)20(25(30)34-8-4)12-16(14)21(26)15(13)11-19(17)24(29)33-7-3/h9-12H,5-8H2,1-4H3. The van der Waals surface area contributed by atoms with Gasteiger partial charge in [0.05, 0.1) is 48.7 Å². The molecule has 1 aliphatic carbocycles. The number of carbonyl (C=O) groups is 5. The van der Waals surface area contributed by atoms with E-state index < -0.39 is 29.7 Å². The molecule has 0 saturated carbocycles. The Balaban J connectivity index is 2.27.